The third-order valence-corrected chi connectivity index (χ3v) is 5.30. The Morgan fingerprint density at radius 2 is 2.05 bits per heavy atom. The van der Waals surface area contributed by atoms with E-state index in [4.69, 9.17) is 16.7 Å². The van der Waals surface area contributed by atoms with Crippen LogP contribution in [0.3, 0.4) is 0 Å². The molecule has 2 rings (SSSR count). The van der Waals surface area contributed by atoms with Gasteiger partial charge >= 0.3 is 5.97 Å². The molecule has 100 valence electrons. The summed E-state index contributed by atoms with van der Waals surface area (Å²) in [7, 11) is -3.66. The molecule has 2 N–H and O–H groups in total. The van der Waals surface area contributed by atoms with Crippen LogP contribution >= 0.6 is 22.9 Å². The Kier molecular flexibility index (Phi) is 3.79. The molecule has 0 fully saturated rings. The van der Waals surface area contributed by atoms with E-state index in [-0.39, 0.29) is 20.5 Å². The molecule has 1 heterocycles. The smallest absolute Gasteiger partial charge is 0.337 e. The molecule has 1 aromatic heterocycles. The van der Waals surface area contributed by atoms with Crippen molar-refractivity contribution in [3.05, 3.63) is 46.3 Å². The second kappa shape index (κ2) is 5.20. The lowest BCUT2D eigenvalue weighted by molar-refractivity contribution is 0.0697. The highest BCUT2D eigenvalue weighted by molar-refractivity contribution is 7.94. The maximum absolute atomic E-state index is 11.9. The van der Waals surface area contributed by atoms with Gasteiger partial charge in [-0.2, -0.15) is 0 Å². The molecule has 1 aromatic carbocycles. The number of thiophene rings is 1. The first-order chi connectivity index (χ1) is 8.90. The van der Waals surface area contributed by atoms with Crippen LogP contribution in [0, 0.1) is 0 Å². The lowest BCUT2D eigenvalue weighted by atomic mass is 10.2. The third kappa shape index (κ3) is 3.06. The van der Waals surface area contributed by atoms with Gasteiger partial charge in [0.25, 0.3) is 10.0 Å². The molecule has 0 aliphatic carbocycles. The second-order valence-electron chi connectivity index (χ2n) is 3.54. The molecule has 0 saturated carbocycles. The van der Waals surface area contributed by atoms with Gasteiger partial charge in [0.15, 0.2) is 0 Å². The first kappa shape index (κ1) is 13.9. The molecular formula is C11H8ClNO4S2. The molecule has 0 spiro atoms. The molecule has 5 nitrogen and oxygen atoms in total. The third-order valence-electron chi connectivity index (χ3n) is 2.21. The first-order valence-electron chi connectivity index (χ1n) is 4.99. The normalized spacial score (nSPS) is 11.2. The maximum atomic E-state index is 11.9. The summed E-state index contributed by atoms with van der Waals surface area (Å²) in [5, 5.41) is 10.4. The molecule has 0 atom stereocenters. The van der Waals surface area contributed by atoms with Crippen molar-refractivity contribution < 1.29 is 18.3 Å². The number of hydrogen-bond donors (Lipinski definition) is 2. The maximum Gasteiger partial charge on any atom is 0.337 e. The standard InChI is InChI=1S/C11H8ClNO4S2/c12-9-6-7(3-4-8(9)11(14)15)13-19(16,17)10-2-1-5-18-10/h1-6,13H,(H,14,15). The lowest BCUT2D eigenvalue weighted by Gasteiger charge is -2.07. The fraction of sp³-hybridized carbons (Fsp3) is 0. The van der Waals surface area contributed by atoms with Gasteiger partial charge in [0.1, 0.15) is 4.21 Å². The summed E-state index contributed by atoms with van der Waals surface area (Å²) in [6, 6.07) is 6.95. The average Bonchev–Trinajstić information content (AvgIpc) is 2.81. The number of halogens is 1. The summed E-state index contributed by atoms with van der Waals surface area (Å²) >= 11 is 6.85. The number of rotatable bonds is 4. The van der Waals surface area contributed by atoms with Gasteiger partial charge in [-0.1, -0.05) is 17.7 Å². The number of sulfonamides is 1. The second-order valence-corrected chi connectivity index (χ2v) is 6.80. The van der Waals surface area contributed by atoms with Crippen molar-refractivity contribution in [2.45, 2.75) is 4.21 Å². The average molecular weight is 318 g/mol. The van der Waals surface area contributed by atoms with Gasteiger partial charge in [-0.05, 0) is 29.6 Å². The molecule has 0 unspecified atom stereocenters. The summed E-state index contributed by atoms with van der Waals surface area (Å²) in [6.07, 6.45) is 0. The molecule has 0 amide bonds. The van der Waals surface area contributed by atoms with Crippen molar-refractivity contribution in [3.8, 4) is 0 Å². The van der Waals surface area contributed by atoms with Crippen LogP contribution in [0.4, 0.5) is 5.69 Å². The van der Waals surface area contributed by atoms with Crippen molar-refractivity contribution >= 4 is 44.6 Å². The molecular weight excluding hydrogens is 310 g/mol. The molecule has 0 bridgehead atoms. The molecule has 0 aliphatic rings. The molecule has 2 aromatic rings. The molecule has 0 aliphatic heterocycles. The Labute approximate surface area is 118 Å². The van der Waals surface area contributed by atoms with Gasteiger partial charge in [-0.15, -0.1) is 11.3 Å². The number of aromatic carboxylic acids is 1. The van der Waals surface area contributed by atoms with E-state index in [0.29, 0.717) is 0 Å². The van der Waals surface area contributed by atoms with Crippen LogP contribution in [-0.4, -0.2) is 19.5 Å². The number of anilines is 1. The number of benzene rings is 1. The number of nitrogens with one attached hydrogen (secondary N) is 1. The van der Waals surface area contributed by atoms with Crippen LogP contribution in [0.1, 0.15) is 10.4 Å². The van der Waals surface area contributed by atoms with Crippen molar-refractivity contribution in [1.82, 2.24) is 0 Å². The molecule has 8 heteroatoms. The zero-order chi connectivity index (χ0) is 14.0. The zero-order valence-electron chi connectivity index (χ0n) is 9.33. The Bertz CT molecular complexity index is 710. The first-order valence-corrected chi connectivity index (χ1v) is 7.73. The summed E-state index contributed by atoms with van der Waals surface area (Å²) in [5.74, 6) is -1.17. The van der Waals surface area contributed by atoms with E-state index < -0.39 is 16.0 Å². The largest absolute Gasteiger partial charge is 0.478 e. The van der Waals surface area contributed by atoms with Crippen molar-refractivity contribution in [2.24, 2.45) is 0 Å². The minimum absolute atomic E-state index is 0.0288. The van der Waals surface area contributed by atoms with Crippen molar-refractivity contribution in [1.29, 1.82) is 0 Å². The van der Waals surface area contributed by atoms with Crippen LogP contribution in [0.25, 0.3) is 0 Å². The van der Waals surface area contributed by atoms with E-state index in [1.807, 2.05) is 0 Å². The van der Waals surface area contributed by atoms with Crippen LogP contribution in [-0.2, 0) is 10.0 Å². The Morgan fingerprint density at radius 3 is 2.58 bits per heavy atom. The topological polar surface area (TPSA) is 83.5 Å². The van der Waals surface area contributed by atoms with E-state index in [1.165, 1.54) is 24.3 Å². The van der Waals surface area contributed by atoms with Gasteiger partial charge < -0.3 is 5.11 Å². The van der Waals surface area contributed by atoms with Gasteiger partial charge in [0, 0.05) is 0 Å². The fourth-order valence-corrected chi connectivity index (χ4v) is 3.68. The fourth-order valence-electron chi connectivity index (χ4n) is 1.37. The van der Waals surface area contributed by atoms with Crippen molar-refractivity contribution in [2.75, 3.05) is 4.72 Å². The van der Waals surface area contributed by atoms with Crippen molar-refractivity contribution in [3.63, 3.8) is 0 Å². The minimum atomic E-state index is -3.66. The van der Waals surface area contributed by atoms with E-state index in [0.717, 1.165) is 11.3 Å². The molecule has 19 heavy (non-hydrogen) atoms. The number of carbonyl (C=O) groups is 1. The van der Waals surface area contributed by atoms with Gasteiger partial charge in [-0.25, -0.2) is 13.2 Å². The van der Waals surface area contributed by atoms with Crippen LogP contribution in [0.2, 0.25) is 5.02 Å². The Morgan fingerprint density at radius 1 is 1.32 bits per heavy atom. The predicted molar refractivity (Wildman–Crippen MR) is 73.5 cm³/mol. The summed E-state index contributed by atoms with van der Waals surface area (Å²) < 4.78 is 26.4. The highest BCUT2D eigenvalue weighted by atomic mass is 35.5. The summed E-state index contributed by atoms with van der Waals surface area (Å²) in [4.78, 5) is 10.8. The van der Waals surface area contributed by atoms with Crippen LogP contribution < -0.4 is 4.72 Å². The lowest BCUT2D eigenvalue weighted by Crippen LogP contribution is -2.11. The quantitative estimate of drug-likeness (QED) is 0.908. The number of carboxylic acids is 1. The predicted octanol–water partition coefficient (Wildman–Crippen LogP) is 2.90. The Balaban J connectivity index is 2.30. The highest BCUT2D eigenvalue weighted by Crippen LogP contribution is 2.24. The van der Waals surface area contributed by atoms with Gasteiger partial charge in [0.2, 0.25) is 0 Å². The number of carboxylic acid groups (broad SMARTS) is 1. The molecule has 0 radical (unpaired) electrons. The minimum Gasteiger partial charge on any atom is -0.478 e. The summed E-state index contributed by atoms with van der Waals surface area (Å²) in [5.41, 5.74) is 0.129. The van der Waals surface area contributed by atoms with E-state index >= 15 is 0 Å². The Hall–Kier alpha value is -1.57. The van der Waals surface area contributed by atoms with E-state index in [9.17, 15) is 13.2 Å². The molecule has 0 saturated heterocycles. The van der Waals surface area contributed by atoms with Gasteiger partial charge in [-0.3, -0.25) is 4.72 Å². The van der Waals surface area contributed by atoms with Gasteiger partial charge in [0.05, 0.1) is 16.3 Å². The van der Waals surface area contributed by atoms with E-state index in [2.05, 4.69) is 4.72 Å². The van der Waals surface area contributed by atoms with Crippen LogP contribution in [0.15, 0.2) is 39.9 Å². The number of hydrogen-bond acceptors (Lipinski definition) is 4. The summed E-state index contributed by atoms with van der Waals surface area (Å²) in [6.45, 7) is 0. The van der Waals surface area contributed by atoms with Crippen LogP contribution in [0.5, 0.6) is 0 Å². The van der Waals surface area contributed by atoms with E-state index in [1.54, 1.807) is 11.4 Å². The highest BCUT2D eigenvalue weighted by Gasteiger charge is 2.16. The SMILES string of the molecule is O=C(O)c1ccc(NS(=O)(=O)c2cccs2)cc1Cl. The monoisotopic (exact) mass is 317 g/mol. The zero-order valence-corrected chi connectivity index (χ0v) is 11.7.